The lowest BCUT2D eigenvalue weighted by Gasteiger charge is -2.31. The Labute approximate surface area is 202 Å². The summed E-state index contributed by atoms with van der Waals surface area (Å²) in [5.41, 5.74) is 5.30. The van der Waals surface area contributed by atoms with E-state index in [4.69, 9.17) is 9.97 Å². The van der Waals surface area contributed by atoms with Crippen LogP contribution in [0, 0.1) is 13.8 Å². The minimum Gasteiger partial charge on any atom is -0.297 e. The van der Waals surface area contributed by atoms with Crippen molar-refractivity contribution in [1.29, 1.82) is 0 Å². The number of aromatic nitrogens is 2. The molecule has 1 amide bonds. The van der Waals surface area contributed by atoms with Crippen LogP contribution >= 0.6 is 22.7 Å². The fourth-order valence-electron chi connectivity index (χ4n) is 4.63. The maximum Gasteiger partial charge on any atom is 0.230 e. The van der Waals surface area contributed by atoms with Gasteiger partial charge in [0, 0.05) is 31.3 Å². The number of hydrogen-bond acceptors (Lipinski definition) is 6. The van der Waals surface area contributed by atoms with E-state index in [0.29, 0.717) is 5.92 Å². The quantitative estimate of drug-likeness (QED) is 0.333. The van der Waals surface area contributed by atoms with Gasteiger partial charge in [-0.15, -0.1) is 22.7 Å². The summed E-state index contributed by atoms with van der Waals surface area (Å²) in [5.74, 6) is 0.454. The van der Waals surface area contributed by atoms with Crippen molar-refractivity contribution < 1.29 is 4.79 Å². The largest absolute Gasteiger partial charge is 0.297 e. The van der Waals surface area contributed by atoms with E-state index < -0.39 is 0 Å². The van der Waals surface area contributed by atoms with Gasteiger partial charge in [-0.2, -0.15) is 0 Å². The Balaban J connectivity index is 1.32. The third-order valence-corrected chi connectivity index (χ3v) is 8.26. The molecule has 170 valence electrons. The monoisotopic (exact) mass is 476 g/mol. The van der Waals surface area contributed by atoms with Gasteiger partial charge in [0.25, 0.3) is 0 Å². The number of thiazole rings is 2. The first kappa shape index (κ1) is 22.2. The third-order valence-electron chi connectivity index (χ3n) is 6.19. The van der Waals surface area contributed by atoms with Crippen molar-refractivity contribution in [3.8, 4) is 0 Å². The molecule has 33 heavy (non-hydrogen) atoms. The zero-order valence-corrected chi connectivity index (χ0v) is 20.9. The predicted octanol–water partition coefficient (Wildman–Crippen LogP) is 6.43. The maximum atomic E-state index is 12.5. The second kappa shape index (κ2) is 9.33. The zero-order valence-electron chi connectivity index (χ0n) is 19.2. The summed E-state index contributed by atoms with van der Waals surface area (Å²) in [6.07, 6.45) is 2.35. The maximum absolute atomic E-state index is 12.5. The molecule has 0 bridgehead atoms. The van der Waals surface area contributed by atoms with Gasteiger partial charge in [0.2, 0.25) is 5.91 Å². The molecule has 2 aromatic heterocycles. The number of carbonyl (C=O) groups is 1. The molecule has 0 spiro atoms. The van der Waals surface area contributed by atoms with E-state index in [-0.39, 0.29) is 5.91 Å². The second-order valence-electron chi connectivity index (χ2n) is 8.86. The molecule has 3 heterocycles. The average Bonchev–Trinajstić information content (AvgIpc) is 3.42. The number of likely N-dealkylation sites (tertiary alicyclic amines) is 1. The van der Waals surface area contributed by atoms with Crippen LogP contribution in [-0.2, 0) is 11.3 Å². The fraction of sp³-hybridized carbons (Fsp3) is 0.346. The van der Waals surface area contributed by atoms with E-state index in [1.165, 1.54) is 39.4 Å². The van der Waals surface area contributed by atoms with Crippen LogP contribution in [-0.4, -0.2) is 33.9 Å². The standard InChI is InChI=1S/C26H28N4OS2/c1-17-10-11-23(18(2)13-17)30(19(3)31)26-27-21(16-32-26)15-29-12-6-7-20(14-29)25-28-22-8-4-5-9-24(22)33-25/h4-5,8-11,13,16,20H,6-7,12,14-15H2,1-3H3/t20-/m0/s1. The Hall–Kier alpha value is -2.61. The number of benzene rings is 2. The lowest BCUT2D eigenvalue weighted by atomic mass is 9.98. The number of amides is 1. The molecule has 1 aliphatic rings. The van der Waals surface area contributed by atoms with Gasteiger partial charge in [0.05, 0.1) is 26.6 Å². The molecule has 0 N–H and O–H groups in total. The normalized spacial score (nSPS) is 16.9. The van der Waals surface area contributed by atoms with Crippen molar-refractivity contribution in [3.05, 3.63) is 69.7 Å². The molecule has 1 saturated heterocycles. The highest BCUT2D eigenvalue weighted by atomic mass is 32.1. The van der Waals surface area contributed by atoms with Gasteiger partial charge in [-0.25, -0.2) is 9.97 Å². The molecule has 0 radical (unpaired) electrons. The van der Waals surface area contributed by atoms with Crippen LogP contribution in [0.4, 0.5) is 10.8 Å². The van der Waals surface area contributed by atoms with E-state index in [1.54, 1.807) is 11.8 Å². The Morgan fingerprint density at radius 3 is 2.82 bits per heavy atom. The molecule has 1 aliphatic heterocycles. The predicted molar refractivity (Wildman–Crippen MR) is 138 cm³/mol. The first-order chi connectivity index (χ1) is 16.0. The molecular weight excluding hydrogens is 448 g/mol. The summed E-state index contributed by atoms with van der Waals surface area (Å²) in [6.45, 7) is 8.59. The lowest BCUT2D eigenvalue weighted by Crippen LogP contribution is -2.34. The SMILES string of the molecule is CC(=O)N(c1nc(CN2CCC[C@H](c3nc4ccccc4s3)C2)cs1)c1ccc(C)cc1C. The summed E-state index contributed by atoms with van der Waals surface area (Å²) in [4.78, 5) is 26.5. The highest BCUT2D eigenvalue weighted by Gasteiger charge is 2.25. The van der Waals surface area contributed by atoms with Gasteiger partial charge in [0.15, 0.2) is 5.13 Å². The Kier molecular flexibility index (Phi) is 6.27. The molecule has 0 aliphatic carbocycles. The van der Waals surface area contributed by atoms with Crippen LogP contribution in [0.1, 0.15) is 47.5 Å². The molecule has 7 heteroatoms. The number of aryl methyl sites for hydroxylation is 2. The molecule has 5 rings (SSSR count). The highest BCUT2D eigenvalue weighted by Crippen LogP contribution is 2.35. The molecular formula is C26H28N4OS2. The fourth-order valence-corrected chi connectivity index (χ4v) is 6.59. The molecule has 0 saturated carbocycles. The first-order valence-corrected chi connectivity index (χ1v) is 13.1. The number of anilines is 2. The third kappa shape index (κ3) is 4.71. The van der Waals surface area contributed by atoms with Crippen LogP contribution < -0.4 is 4.90 Å². The van der Waals surface area contributed by atoms with Crippen LogP contribution in [0.3, 0.4) is 0 Å². The average molecular weight is 477 g/mol. The van der Waals surface area contributed by atoms with Gasteiger partial charge >= 0.3 is 0 Å². The summed E-state index contributed by atoms with van der Waals surface area (Å²) >= 11 is 3.37. The minimum absolute atomic E-state index is 0.0169. The summed E-state index contributed by atoms with van der Waals surface area (Å²) in [7, 11) is 0. The van der Waals surface area contributed by atoms with E-state index >= 15 is 0 Å². The summed E-state index contributed by atoms with van der Waals surface area (Å²) < 4.78 is 1.27. The van der Waals surface area contributed by atoms with E-state index in [2.05, 4.69) is 47.5 Å². The topological polar surface area (TPSA) is 49.3 Å². The van der Waals surface area contributed by atoms with E-state index in [1.807, 2.05) is 30.4 Å². The molecule has 4 aromatic rings. The van der Waals surface area contributed by atoms with E-state index in [0.717, 1.165) is 47.2 Å². The van der Waals surface area contributed by atoms with Crippen molar-refractivity contribution in [2.75, 3.05) is 18.0 Å². The molecule has 1 atom stereocenters. The van der Waals surface area contributed by atoms with Crippen LogP contribution in [0.2, 0.25) is 0 Å². The molecule has 5 nitrogen and oxygen atoms in total. The molecule has 2 aromatic carbocycles. The van der Waals surface area contributed by atoms with Gasteiger partial charge in [-0.1, -0.05) is 29.8 Å². The molecule has 1 fully saturated rings. The van der Waals surface area contributed by atoms with Gasteiger partial charge in [-0.05, 0) is 57.0 Å². The minimum atomic E-state index is -0.0169. The Morgan fingerprint density at radius 2 is 2.03 bits per heavy atom. The van der Waals surface area contributed by atoms with Crippen molar-refractivity contribution in [2.45, 2.75) is 46.1 Å². The smallest absolute Gasteiger partial charge is 0.230 e. The number of hydrogen-bond donors (Lipinski definition) is 0. The van der Waals surface area contributed by atoms with Crippen LogP contribution in [0.25, 0.3) is 10.2 Å². The number of nitrogens with zero attached hydrogens (tertiary/aromatic N) is 4. The van der Waals surface area contributed by atoms with Crippen LogP contribution in [0.5, 0.6) is 0 Å². The summed E-state index contributed by atoms with van der Waals surface area (Å²) in [6, 6.07) is 14.6. The summed E-state index contributed by atoms with van der Waals surface area (Å²) in [5, 5.41) is 4.08. The first-order valence-electron chi connectivity index (χ1n) is 11.4. The number of piperidine rings is 1. The van der Waals surface area contributed by atoms with Gasteiger partial charge < -0.3 is 0 Å². The second-order valence-corrected chi connectivity index (χ2v) is 10.8. The van der Waals surface area contributed by atoms with Crippen LogP contribution in [0.15, 0.2) is 47.8 Å². The number of para-hydroxylation sites is 1. The number of carbonyl (C=O) groups excluding carboxylic acids is 1. The molecule has 0 unspecified atom stereocenters. The Morgan fingerprint density at radius 1 is 1.18 bits per heavy atom. The number of fused-ring (bicyclic) bond motifs is 1. The lowest BCUT2D eigenvalue weighted by molar-refractivity contribution is -0.115. The van der Waals surface area contributed by atoms with Crippen molar-refractivity contribution in [2.24, 2.45) is 0 Å². The van der Waals surface area contributed by atoms with E-state index in [9.17, 15) is 4.79 Å². The zero-order chi connectivity index (χ0) is 22.9. The van der Waals surface area contributed by atoms with Crippen molar-refractivity contribution in [1.82, 2.24) is 14.9 Å². The van der Waals surface area contributed by atoms with Crippen molar-refractivity contribution >= 4 is 49.6 Å². The van der Waals surface area contributed by atoms with Crippen molar-refractivity contribution in [3.63, 3.8) is 0 Å². The Bertz CT molecular complexity index is 1260. The number of rotatable bonds is 5. The van der Waals surface area contributed by atoms with Gasteiger partial charge in [-0.3, -0.25) is 14.6 Å². The van der Waals surface area contributed by atoms with Gasteiger partial charge in [0.1, 0.15) is 0 Å². The highest BCUT2D eigenvalue weighted by molar-refractivity contribution is 7.18.